The third-order valence-corrected chi connectivity index (χ3v) is 2.31. The maximum absolute atomic E-state index is 12.1. The molecule has 0 unspecified atom stereocenters. The van der Waals surface area contributed by atoms with Gasteiger partial charge in [-0.25, -0.2) is 4.79 Å². The maximum Gasteiger partial charge on any atom is 0.417 e. The molecule has 0 aliphatic carbocycles. The van der Waals surface area contributed by atoms with E-state index in [9.17, 15) is 18.0 Å². The van der Waals surface area contributed by atoms with Crippen LogP contribution in [0.4, 0.5) is 13.2 Å². The van der Waals surface area contributed by atoms with Crippen LogP contribution >= 0.6 is 11.3 Å². The first kappa shape index (κ1) is 11.0. The van der Waals surface area contributed by atoms with Crippen LogP contribution in [0.3, 0.4) is 0 Å². The molecule has 0 saturated carbocycles. The summed E-state index contributed by atoms with van der Waals surface area (Å²) in [5.74, 6) is -0.715. The molecule has 78 valence electrons. The number of ether oxygens (including phenoxy) is 1. The molecule has 1 rings (SSSR count). The summed E-state index contributed by atoms with van der Waals surface area (Å²) in [6, 6.07) is 0.794. The molecule has 0 fully saturated rings. The van der Waals surface area contributed by atoms with Gasteiger partial charge in [-0.3, -0.25) is 0 Å². The fraction of sp³-hybridized carbons (Fsp3) is 0.375. The van der Waals surface area contributed by atoms with E-state index < -0.39 is 17.7 Å². The number of hydrogen-bond donors (Lipinski definition) is 0. The Labute approximate surface area is 82.3 Å². The largest absolute Gasteiger partial charge is 0.462 e. The highest BCUT2D eigenvalue weighted by Gasteiger charge is 2.32. The Morgan fingerprint density at radius 1 is 1.57 bits per heavy atom. The third-order valence-electron chi connectivity index (χ3n) is 1.40. The molecular formula is C8H7F3O2S. The lowest BCUT2D eigenvalue weighted by molar-refractivity contribution is -0.137. The molecular weight excluding hydrogens is 217 g/mol. The quantitative estimate of drug-likeness (QED) is 0.722. The smallest absolute Gasteiger partial charge is 0.417 e. The van der Waals surface area contributed by atoms with Crippen molar-refractivity contribution in [1.82, 2.24) is 0 Å². The van der Waals surface area contributed by atoms with Crippen molar-refractivity contribution in [3.63, 3.8) is 0 Å². The highest BCUT2D eigenvalue weighted by Crippen LogP contribution is 2.32. The summed E-state index contributed by atoms with van der Waals surface area (Å²) >= 11 is 0.730. The first-order valence-electron chi connectivity index (χ1n) is 3.78. The normalized spacial score (nSPS) is 11.4. The summed E-state index contributed by atoms with van der Waals surface area (Å²) in [5, 5.41) is 0.895. The summed E-state index contributed by atoms with van der Waals surface area (Å²) in [6.07, 6.45) is -4.40. The summed E-state index contributed by atoms with van der Waals surface area (Å²) < 4.78 is 40.9. The van der Waals surface area contributed by atoms with Crippen LogP contribution in [0.1, 0.15) is 22.2 Å². The van der Waals surface area contributed by atoms with Crippen LogP contribution in [0.25, 0.3) is 0 Å². The third kappa shape index (κ3) is 2.47. The minimum atomic E-state index is -4.40. The van der Waals surface area contributed by atoms with E-state index >= 15 is 0 Å². The van der Waals surface area contributed by atoms with Crippen LogP contribution in [0.15, 0.2) is 11.4 Å². The second-order valence-corrected chi connectivity index (χ2v) is 3.33. The number of esters is 1. The number of carbonyl (C=O) groups excluding carboxylic acids is 1. The van der Waals surface area contributed by atoms with Crippen molar-refractivity contribution in [2.45, 2.75) is 13.1 Å². The topological polar surface area (TPSA) is 26.3 Å². The van der Waals surface area contributed by atoms with Crippen LogP contribution in [-0.2, 0) is 10.9 Å². The van der Waals surface area contributed by atoms with E-state index in [0.29, 0.717) is 0 Å². The Morgan fingerprint density at radius 2 is 2.21 bits per heavy atom. The van der Waals surface area contributed by atoms with Crippen molar-refractivity contribution in [2.24, 2.45) is 0 Å². The van der Waals surface area contributed by atoms with Crippen LogP contribution in [0.5, 0.6) is 0 Å². The molecule has 1 aromatic rings. The number of halogens is 3. The molecule has 0 atom stereocenters. The average molecular weight is 224 g/mol. The fourth-order valence-electron chi connectivity index (χ4n) is 0.794. The molecule has 1 aromatic heterocycles. The number of hydrogen-bond acceptors (Lipinski definition) is 3. The van der Waals surface area contributed by atoms with E-state index in [1.165, 1.54) is 0 Å². The van der Waals surface area contributed by atoms with Crippen LogP contribution < -0.4 is 0 Å². The standard InChI is InChI=1S/C8H7F3O2S/c1-2-13-7(12)6-3-5(4-14-6)8(9,10)11/h3-4H,2H2,1H3. The molecule has 0 amide bonds. The molecule has 0 aliphatic heterocycles. The lowest BCUT2D eigenvalue weighted by Gasteiger charge is -2.01. The number of alkyl halides is 3. The lowest BCUT2D eigenvalue weighted by atomic mass is 10.3. The number of thiophene rings is 1. The van der Waals surface area contributed by atoms with Crippen LogP contribution in [0.2, 0.25) is 0 Å². The van der Waals surface area contributed by atoms with Crippen molar-refractivity contribution >= 4 is 17.3 Å². The van der Waals surface area contributed by atoms with E-state index in [1.807, 2.05) is 0 Å². The van der Waals surface area contributed by atoms with Gasteiger partial charge in [0.15, 0.2) is 0 Å². The van der Waals surface area contributed by atoms with Gasteiger partial charge in [0.05, 0.1) is 12.2 Å². The van der Waals surface area contributed by atoms with E-state index in [-0.39, 0.29) is 11.5 Å². The molecule has 0 saturated heterocycles. The van der Waals surface area contributed by atoms with Crippen molar-refractivity contribution in [3.8, 4) is 0 Å². The van der Waals surface area contributed by atoms with Crippen LogP contribution in [0, 0.1) is 0 Å². The van der Waals surface area contributed by atoms with Crippen molar-refractivity contribution in [1.29, 1.82) is 0 Å². The van der Waals surface area contributed by atoms with Gasteiger partial charge in [-0.2, -0.15) is 13.2 Å². The van der Waals surface area contributed by atoms with Gasteiger partial charge in [-0.05, 0) is 13.0 Å². The van der Waals surface area contributed by atoms with Gasteiger partial charge in [0.25, 0.3) is 0 Å². The van der Waals surface area contributed by atoms with Crippen molar-refractivity contribution in [2.75, 3.05) is 6.61 Å². The maximum atomic E-state index is 12.1. The molecule has 14 heavy (non-hydrogen) atoms. The Balaban J connectivity index is 2.83. The number of rotatable bonds is 2. The van der Waals surface area contributed by atoms with E-state index in [0.717, 1.165) is 22.8 Å². The number of carbonyl (C=O) groups is 1. The predicted octanol–water partition coefficient (Wildman–Crippen LogP) is 2.94. The van der Waals surface area contributed by atoms with E-state index in [4.69, 9.17) is 0 Å². The molecule has 6 heteroatoms. The average Bonchev–Trinajstić information content (AvgIpc) is 2.51. The van der Waals surface area contributed by atoms with Gasteiger partial charge in [-0.15, -0.1) is 11.3 Å². The van der Waals surface area contributed by atoms with Gasteiger partial charge >= 0.3 is 12.1 Å². The highest BCUT2D eigenvalue weighted by molar-refractivity contribution is 7.12. The van der Waals surface area contributed by atoms with Gasteiger partial charge in [-0.1, -0.05) is 0 Å². The van der Waals surface area contributed by atoms with E-state index in [2.05, 4.69) is 4.74 Å². The monoisotopic (exact) mass is 224 g/mol. The Bertz CT molecular complexity index is 330. The van der Waals surface area contributed by atoms with E-state index in [1.54, 1.807) is 6.92 Å². The minimum Gasteiger partial charge on any atom is -0.462 e. The fourth-order valence-corrected chi connectivity index (χ4v) is 1.60. The van der Waals surface area contributed by atoms with Gasteiger partial charge in [0.1, 0.15) is 4.88 Å². The molecule has 0 aliphatic rings. The van der Waals surface area contributed by atoms with Gasteiger partial charge in [0.2, 0.25) is 0 Å². The van der Waals surface area contributed by atoms with Gasteiger partial charge in [0, 0.05) is 5.38 Å². The Kier molecular flexibility index (Phi) is 3.15. The molecule has 0 radical (unpaired) electrons. The second kappa shape index (κ2) is 4.00. The summed E-state index contributed by atoms with van der Waals surface area (Å²) in [4.78, 5) is 11.0. The predicted molar refractivity (Wildman–Crippen MR) is 45.3 cm³/mol. The van der Waals surface area contributed by atoms with Crippen molar-refractivity contribution < 1.29 is 22.7 Å². The first-order chi connectivity index (χ1) is 6.45. The second-order valence-electron chi connectivity index (χ2n) is 2.42. The lowest BCUT2D eigenvalue weighted by Crippen LogP contribution is -2.04. The zero-order valence-corrected chi connectivity index (χ0v) is 8.04. The van der Waals surface area contributed by atoms with Gasteiger partial charge < -0.3 is 4.74 Å². The zero-order valence-electron chi connectivity index (χ0n) is 7.22. The molecule has 1 heterocycles. The highest BCUT2D eigenvalue weighted by atomic mass is 32.1. The zero-order chi connectivity index (χ0) is 10.8. The Hall–Kier alpha value is -1.04. The summed E-state index contributed by atoms with van der Waals surface area (Å²) in [7, 11) is 0. The molecule has 0 aromatic carbocycles. The summed E-state index contributed by atoms with van der Waals surface area (Å²) in [6.45, 7) is 1.74. The first-order valence-corrected chi connectivity index (χ1v) is 4.66. The molecule has 2 nitrogen and oxygen atoms in total. The SMILES string of the molecule is CCOC(=O)c1cc(C(F)(F)F)cs1. The molecule has 0 N–H and O–H groups in total. The molecule has 0 bridgehead atoms. The summed E-state index contributed by atoms with van der Waals surface area (Å²) in [5.41, 5.74) is -0.814. The Morgan fingerprint density at radius 3 is 2.64 bits per heavy atom. The van der Waals surface area contributed by atoms with Crippen LogP contribution in [-0.4, -0.2) is 12.6 Å². The minimum absolute atomic E-state index is 0.0285. The molecule has 0 spiro atoms. The van der Waals surface area contributed by atoms with Crippen molar-refractivity contribution in [3.05, 3.63) is 21.9 Å².